The lowest BCUT2D eigenvalue weighted by Gasteiger charge is -2.11. The van der Waals surface area contributed by atoms with E-state index in [4.69, 9.17) is 11.6 Å². The third-order valence-electron chi connectivity index (χ3n) is 3.27. The molecular weight excluding hydrogens is 265 g/mol. The predicted octanol–water partition coefficient (Wildman–Crippen LogP) is 4.03. The average Bonchev–Trinajstić information content (AvgIpc) is 2.64. The molecule has 1 saturated carbocycles. The Labute approximate surface area is 108 Å². The summed E-state index contributed by atoms with van der Waals surface area (Å²) in [5.41, 5.74) is 0.0967. The number of Topliss-reactive ketones (excluding diaryl/α,β-unsaturated/α-hetero) is 1. The van der Waals surface area contributed by atoms with Crippen LogP contribution in [-0.2, 0) is 11.2 Å². The molecule has 0 amide bonds. The first-order valence-corrected chi connectivity index (χ1v) is 6.10. The Morgan fingerprint density at radius 2 is 2.17 bits per heavy atom. The first-order chi connectivity index (χ1) is 8.39. The summed E-state index contributed by atoms with van der Waals surface area (Å²) in [6, 6.07) is 4.13. The van der Waals surface area contributed by atoms with Crippen LogP contribution in [0.3, 0.4) is 0 Å². The topological polar surface area (TPSA) is 17.1 Å². The second-order valence-electron chi connectivity index (χ2n) is 4.64. The molecule has 1 nitrogen and oxygen atoms in total. The summed E-state index contributed by atoms with van der Waals surface area (Å²) in [5, 5.41) is 0.160. The average molecular weight is 277 g/mol. The standard InChI is InChI=1S/C13H12ClF3O/c14-10-2-1-3-11(15)9(10)6-12(18)8-4-5-13(16,17)7-8/h1-3,8H,4-7H2. The van der Waals surface area contributed by atoms with Crippen molar-refractivity contribution in [2.24, 2.45) is 5.92 Å². The highest BCUT2D eigenvalue weighted by atomic mass is 35.5. The highest BCUT2D eigenvalue weighted by Gasteiger charge is 2.42. The van der Waals surface area contributed by atoms with Crippen molar-refractivity contribution in [3.63, 3.8) is 0 Å². The number of carbonyl (C=O) groups is 1. The number of hydrogen-bond donors (Lipinski definition) is 0. The number of carbonyl (C=O) groups excluding carboxylic acids is 1. The van der Waals surface area contributed by atoms with Crippen molar-refractivity contribution >= 4 is 17.4 Å². The second-order valence-corrected chi connectivity index (χ2v) is 5.05. The summed E-state index contributed by atoms with van der Waals surface area (Å²) in [5.74, 6) is -4.38. The molecule has 1 atom stereocenters. The molecule has 1 aliphatic rings. The van der Waals surface area contributed by atoms with Crippen molar-refractivity contribution in [1.82, 2.24) is 0 Å². The third-order valence-corrected chi connectivity index (χ3v) is 3.63. The Morgan fingerprint density at radius 1 is 1.44 bits per heavy atom. The van der Waals surface area contributed by atoms with Gasteiger partial charge >= 0.3 is 0 Å². The molecule has 0 bridgehead atoms. The number of rotatable bonds is 3. The summed E-state index contributed by atoms with van der Waals surface area (Å²) >= 11 is 5.80. The number of benzene rings is 1. The molecule has 1 aromatic carbocycles. The first kappa shape index (κ1) is 13.4. The second kappa shape index (κ2) is 4.92. The zero-order chi connectivity index (χ0) is 13.3. The third kappa shape index (κ3) is 2.86. The van der Waals surface area contributed by atoms with Crippen molar-refractivity contribution in [1.29, 1.82) is 0 Å². The van der Waals surface area contributed by atoms with E-state index in [2.05, 4.69) is 0 Å². The van der Waals surface area contributed by atoms with Gasteiger partial charge in [-0.15, -0.1) is 0 Å². The Hall–Kier alpha value is -1.03. The molecule has 2 rings (SSSR count). The van der Waals surface area contributed by atoms with Crippen LogP contribution in [0.25, 0.3) is 0 Å². The van der Waals surface area contributed by atoms with Gasteiger partial charge in [-0.05, 0) is 18.6 Å². The van der Waals surface area contributed by atoms with Crippen molar-refractivity contribution in [2.75, 3.05) is 0 Å². The van der Waals surface area contributed by atoms with Crippen molar-refractivity contribution in [3.8, 4) is 0 Å². The van der Waals surface area contributed by atoms with E-state index in [0.29, 0.717) is 0 Å². The highest BCUT2D eigenvalue weighted by Crippen LogP contribution is 2.39. The van der Waals surface area contributed by atoms with Gasteiger partial charge < -0.3 is 0 Å². The molecule has 1 unspecified atom stereocenters. The Balaban J connectivity index is 2.08. The van der Waals surface area contributed by atoms with Gasteiger partial charge in [-0.3, -0.25) is 4.79 Å². The summed E-state index contributed by atoms with van der Waals surface area (Å²) < 4.78 is 39.5. The van der Waals surface area contributed by atoms with Crippen molar-refractivity contribution in [3.05, 3.63) is 34.6 Å². The smallest absolute Gasteiger partial charge is 0.248 e. The van der Waals surface area contributed by atoms with Crippen LogP contribution < -0.4 is 0 Å². The molecular formula is C13H12ClF3O. The zero-order valence-electron chi connectivity index (χ0n) is 9.56. The Morgan fingerprint density at radius 3 is 2.72 bits per heavy atom. The van der Waals surface area contributed by atoms with Crippen LogP contribution in [0, 0.1) is 11.7 Å². The van der Waals surface area contributed by atoms with Gasteiger partial charge in [-0.25, -0.2) is 13.2 Å². The first-order valence-electron chi connectivity index (χ1n) is 5.72. The van der Waals surface area contributed by atoms with E-state index in [0.717, 1.165) is 0 Å². The SMILES string of the molecule is O=C(Cc1c(F)cccc1Cl)C1CCC(F)(F)C1. The number of halogens is 4. The molecule has 18 heavy (non-hydrogen) atoms. The van der Waals surface area contributed by atoms with Crippen molar-refractivity contribution in [2.45, 2.75) is 31.6 Å². The molecule has 0 aromatic heterocycles. The number of ketones is 1. The van der Waals surface area contributed by atoms with Crippen LogP contribution in [0.15, 0.2) is 18.2 Å². The highest BCUT2D eigenvalue weighted by molar-refractivity contribution is 6.31. The zero-order valence-corrected chi connectivity index (χ0v) is 10.3. The fourth-order valence-corrected chi connectivity index (χ4v) is 2.47. The molecule has 1 fully saturated rings. The minimum Gasteiger partial charge on any atom is -0.299 e. The van der Waals surface area contributed by atoms with Crippen LogP contribution in [0.2, 0.25) is 5.02 Å². The van der Waals surface area contributed by atoms with Gasteiger partial charge in [0, 0.05) is 35.8 Å². The Kier molecular flexibility index (Phi) is 3.66. The lowest BCUT2D eigenvalue weighted by Crippen LogP contribution is -2.18. The van der Waals surface area contributed by atoms with Gasteiger partial charge in [0.15, 0.2) is 0 Å². The summed E-state index contributed by atoms with van der Waals surface area (Å²) in [6.07, 6.45) is -0.753. The maximum Gasteiger partial charge on any atom is 0.248 e. The molecule has 1 aliphatic carbocycles. The molecule has 0 aliphatic heterocycles. The van der Waals surface area contributed by atoms with Crippen LogP contribution in [0.1, 0.15) is 24.8 Å². The maximum absolute atomic E-state index is 13.5. The molecule has 1 aromatic rings. The van der Waals surface area contributed by atoms with E-state index in [1.807, 2.05) is 0 Å². The molecule has 0 heterocycles. The van der Waals surface area contributed by atoms with Gasteiger partial charge in [0.05, 0.1) is 0 Å². The molecule has 0 N–H and O–H groups in total. The molecule has 0 saturated heterocycles. The largest absolute Gasteiger partial charge is 0.299 e. The lowest BCUT2D eigenvalue weighted by atomic mass is 9.96. The fraction of sp³-hybridized carbons (Fsp3) is 0.462. The fourth-order valence-electron chi connectivity index (χ4n) is 2.24. The van der Waals surface area contributed by atoms with E-state index in [-0.39, 0.29) is 35.6 Å². The predicted molar refractivity (Wildman–Crippen MR) is 62.4 cm³/mol. The minimum atomic E-state index is -2.76. The van der Waals surface area contributed by atoms with Crippen molar-refractivity contribution < 1.29 is 18.0 Å². The Bertz CT molecular complexity index is 453. The normalized spacial score (nSPS) is 22.1. The van der Waals surface area contributed by atoms with E-state index >= 15 is 0 Å². The lowest BCUT2D eigenvalue weighted by molar-refractivity contribution is -0.123. The quantitative estimate of drug-likeness (QED) is 0.815. The van der Waals surface area contributed by atoms with Gasteiger partial charge in [-0.1, -0.05) is 17.7 Å². The van der Waals surface area contributed by atoms with Gasteiger partial charge in [0.25, 0.3) is 0 Å². The molecule has 5 heteroatoms. The molecule has 0 radical (unpaired) electrons. The van der Waals surface area contributed by atoms with E-state index in [9.17, 15) is 18.0 Å². The van der Waals surface area contributed by atoms with Gasteiger partial charge in [0.1, 0.15) is 11.6 Å². The maximum atomic E-state index is 13.5. The van der Waals surface area contributed by atoms with E-state index in [1.54, 1.807) is 0 Å². The monoisotopic (exact) mass is 276 g/mol. The van der Waals surface area contributed by atoms with E-state index < -0.39 is 24.1 Å². The summed E-state index contributed by atoms with van der Waals surface area (Å²) in [4.78, 5) is 11.8. The van der Waals surface area contributed by atoms with Crippen LogP contribution in [0.4, 0.5) is 13.2 Å². The van der Waals surface area contributed by atoms with E-state index in [1.165, 1.54) is 18.2 Å². The van der Waals surface area contributed by atoms with Gasteiger partial charge in [-0.2, -0.15) is 0 Å². The van der Waals surface area contributed by atoms with Crippen LogP contribution in [0.5, 0.6) is 0 Å². The number of alkyl halides is 2. The molecule has 98 valence electrons. The summed E-state index contributed by atoms with van der Waals surface area (Å²) in [7, 11) is 0. The number of hydrogen-bond acceptors (Lipinski definition) is 1. The minimum absolute atomic E-state index is 0.0967. The van der Waals surface area contributed by atoms with Crippen LogP contribution >= 0.6 is 11.6 Å². The van der Waals surface area contributed by atoms with Gasteiger partial charge in [0.2, 0.25) is 5.92 Å². The van der Waals surface area contributed by atoms with Crippen LogP contribution in [-0.4, -0.2) is 11.7 Å². The summed E-state index contributed by atoms with van der Waals surface area (Å²) in [6.45, 7) is 0. The molecule has 0 spiro atoms.